The molecular weight excluding hydrogens is 318 g/mol. The molecule has 0 aromatic heterocycles. The Bertz CT molecular complexity index is 679. The van der Waals surface area contributed by atoms with Gasteiger partial charge in [-0.3, -0.25) is 4.79 Å². The van der Waals surface area contributed by atoms with Gasteiger partial charge >= 0.3 is 12.1 Å². The Kier molecular flexibility index (Phi) is 4.52. The van der Waals surface area contributed by atoms with Gasteiger partial charge in [-0.1, -0.05) is 24.3 Å². The second kappa shape index (κ2) is 6.36. The molecule has 0 unspecified atom stereocenters. The number of hydrogen-bond donors (Lipinski definition) is 1. The Labute approximate surface area is 149 Å². The molecule has 1 spiro atoms. The van der Waals surface area contributed by atoms with E-state index in [0.29, 0.717) is 13.1 Å². The van der Waals surface area contributed by atoms with Crippen LogP contribution in [0.1, 0.15) is 63.5 Å². The number of piperidine rings is 1. The minimum Gasteiger partial charge on any atom is -0.481 e. The summed E-state index contributed by atoms with van der Waals surface area (Å²) < 4.78 is 5.55. The highest BCUT2D eigenvalue weighted by atomic mass is 16.6. The summed E-state index contributed by atoms with van der Waals surface area (Å²) >= 11 is 0. The predicted molar refractivity (Wildman–Crippen MR) is 94.8 cm³/mol. The van der Waals surface area contributed by atoms with Gasteiger partial charge in [0.05, 0.1) is 6.42 Å². The van der Waals surface area contributed by atoms with Gasteiger partial charge in [-0.25, -0.2) is 4.79 Å². The molecular formula is C20H27NO4. The first-order valence-corrected chi connectivity index (χ1v) is 8.99. The number of fused-ring (bicyclic) bond motifs is 2. The van der Waals surface area contributed by atoms with Crippen molar-refractivity contribution >= 4 is 12.1 Å². The number of carbonyl (C=O) groups is 2. The summed E-state index contributed by atoms with van der Waals surface area (Å²) in [6.07, 6.45) is 2.56. The van der Waals surface area contributed by atoms with Crippen LogP contribution in [0.5, 0.6) is 0 Å². The molecule has 0 radical (unpaired) electrons. The number of rotatable bonds is 2. The molecule has 2 atom stereocenters. The molecule has 25 heavy (non-hydrogen) atoms. The normalized spacial score (nSPS) is 25.7. The van der Waals surface area contributed by atoms with Gasteiger partial charge in [-0.05, 0) is 57.1 Å². The minimum absolute atomic E-state index is 0.0206. The van der Waals surface area contributed by atoms with Crippen molar-refractivity contribution in [3.8, 4) is 0 Å². The fourth-order valence-electron chi connectivity index (χ4n) is 4.42. The van der Waals surface area contributed by atoms with Crippen molar-refractivity contribution in [3.05, 3.63) is 35.4 Å². The Morgan fingerprint density at radius 2 is 2.04 bits per heavy atom. The standard InChI is InChI=1S/C20H27NO4/c1-19(2,3)25-18(24)21-10-6-9-20(13-21)12-14(11-17(22)23)15-7-4-5-8-16(15)20/h4-5,7-8,14H,6,9-13H2,1-3H3,(H,22,23)/t14-,20+/m1/s1. The molecule has 1 aliphatic heterocycles. The second-order valence-corrected chi connectivity index (χ2v) is 8.37. The molecule has 2 aliphatic rings. The third-order valence-corrected chi connectivity index (χ3v) is 5.26. The Morgan fingerprint density at radius 1 is 1.32 bits per heavy atom. The maximum Gasteiger partial charge on any atom is 0.410 e. The van der Waals surface area contributed by atoms with Crippen molar-refractivity contribution in [2.24, 2.45) is 0 Å². The van der Waals surface area contributed by atoms with Crippen LogP contribution in [-0.2, 0) is 14.9 Å². The lowest BCUT2D eigenvalue weighted by Crippen LogP contribution is -2.49. The van der Waals surface area contributed by atoms with E-state index < -0.39 is 11.6 Å². The number of carboxylic acids is 1. The van der Waals surface area contributed by atoms with Gasteiger partial charge in [-0.15, -0.1) is 0 Å². The summed E-state index contributed by atoms with van der Waals surface area (Å²) in [5, 5.41) is 9.27. The smallest absolute Gasteiger partial charge is 0.410 e. The van der Waals surface area contributed by atoms with Crippen LogP contribution in [0, 0.1) is 0 Å². The Hall–Kier alpha value is -2.04. The molecule has 5 heteroatoms. The van der Waals surface area contributed by atoms with Gasteiger partial charge in [0, 0.05) is 18.5 Å². The number of ether oxygens (including phenoxy) is 1. The average Bonchev–Trinajstić information content (AvgIpc) is 2.79. The fraction of sp³-hybridized carbons (Fsp3) is 0.600. The molecule has 0 saturated carbocycles. The summed E-state index contributed by atoms with van der Waals surface area (Å²) in [5.74, 6) is -0.746. The SMILES string of the molecule is CC(C)(C)OC(=O)N1CCC[C@]2(C[C@@H](CC(=O)O)c3ccccc32)C1. The molecule has 1 amide bonds. The van der Waals surface area contributed by atoms with E-state index in [0.717, 1.165) is 24.8 Å². The van der Waals surface area contributed by atoms with E-state index in [1.165, 1.54) is 5.56 Å². The summed E-state index contributed by atoms with van der Waals surface area (Å²) in [5.41, 5.74) is 1.69. The summed E-state index contributed by atoms with van der Waals surface area (Å²) in [6.45, 7) is 6.92. The molecule has 1 aromatic rings. The Morgan fingerprint density at radius 3 is 2.72 bits per heavy atom. The summed E-state index contributed by atoms with van der Waals surface area (Å²) in [7, 11) is 0. The van der Waals surface area contributed by atoms with E-state index in [1.807, 2.05) is 39.0 Å². The largest absolute Gasteiger partial charge is 0.481 e. The van der Waals surface area contributed by atoms with Crippen molar-refractivity contribution < 1.29 is 19.4 Å². The summed E-state index contributed by atoms with van der Waals surface area (Å²) in [6, 6.07) is 8.14. The minimum atomic E-state index is -0.767. The molecule has 1 N–H and O–H groups in total. The first-order chi connectivity index (χ1) is 11.7. The van der Waals surface area contributed by atoms with Gasteiger partial charge < -0.3 is 14.7 Å². The fourth-order valence-corrected chi connectivity index (χ4v) is 4.42. The molecule has 0 bridgehead atoms. The lowest BCUT2D eigenvalue weighted by atomic mass is 9.74. The van der Waals surface area contributed by atoms with E-state index >= 15 is 0 Å². The van der Waals surface area contributed by atoms with Gasteiger partial charge in [0.2, 0.25) is 0 Å². The molecule has 1 aliphatic carbocycles. The van der Waals surface area contributed by atoms with Gasteiger partial charge in [0.1, 0.15) is 5.60 Å². The first kappa shape index (κ1) is 17.8. The number of amides is 1. The van der Waals surface area contributed by atoms with Crippen LogP contribution in [-0.4, -0.2) is 40.8 Å². The molecule has 1 fully saturated rings. The summed E-state index contributed by atoms with van der Waals surface area (Å²) in [4.78, 5) is 25.6. The number of carbonyl (C=O) groups excluding carboxylic acids is 1. The van der Waals surface area contributed by atoms with Crippen LogP contribution in [0.15, 0.2) is 24.3 Å². The quantitative estimate of drug-likeness (QED) is 0.882. The third-order valence-electron chi connectivity index (χ3n) is 5.26. The van der Waals surface area contributed by atoms with E-state index in [-0.39, 0.29) is 23.8 Å². The van der Waals surface area contributed by atoms with Crippen molar-refractivity contribution in [2.45, 2.75) is 63.4 Å². The molecule has 5 nitrogen and oxygen atoms in total. The van der Waals surface area contributed by atoms with Crippen LogP contribution >= 0.6 is 0 Å². The Balaban J connectivity index is 1.86. The lowest BCUT2D eigenvalue weighted by molar-refractivity contribution is -0.137. The number of carboxylic acid groups (broad SMARTS) is 1. The van der Waals surface area contributed by atoms with Gasteiger partial charge in [0.15, 0.2) is 0 Å². The van der Waals surface area contributed by atoms with Crippen molar-refractivity contribution in [3.63, 3.8) is 0 Å². The van der Waals surface area contributed by atoms with Gasteiger partial charge in [0.25, 0.3) is 0 Å². The van der Waals surface area contributed by atoms with E-state index in [4.69, 9.17) is 4.74 Å². The van der Waals surface area contributed by atoms with E-state index in [1.54, 1.807) is 4.90 Å². The highest BCUT2D eigenvalue weighted by Crippen LogP contribution is 2.51. The van der Waals surface area contributed by atoms with E-state index in [2.05, 4.69) is 6.07 Å². The van der Waals surface area contributed by atoms with Gasteiger partial charge in [-0.2, -0.15) is 0 Å². The number of likely N-dealkylation sites (tertiary alicyclic amines) is 1. The number of aliphatic carboxylic acids is 1. The van der Waals surface area contributed by atoms with Crippen molar-refractivity contribution in [2.75, 3.05) is 13.1 Å². The molecule has 3 rings (SSSR count). The first-order valence-electron chi connectivity index (χ1n) is 8.99. The molecule has 1 saturated heterocycles. The maximum atomic E-state index is 12.5. The number of hydrogen-bond acceptors (Lipinski definition) is 3. The molecule has 1 heterocycles. The zero-order chi connectivity index (χ0) is 18.2. The highest BCUT2D eigenvalue weighted by molar-refractivity contribution is 5.70. The van der Waals surface area contributed by atoms with Crippen LogP contribution in [0.3, 0.4) is 0 Å². The van der Waals surface area contributed by atoms with Crippen LogP contribution in [0.25, 0.3) is 0 Å². The van der Waals surface area contributed by atoms with Crippen molar-refractivity contribution in [1.82, 2.24) is 4.90 Å². The van der Waals surface area contributed by atoms with E-state index in [9.17, 15) is 14.7 Å². The third kappa shape index (κ3) is 3.65. The second-order valence-electron chi connectivity index (χ2n) is 8.37. The van der Waals surface area contributed by atoms with Crippen LogP contribution in [0.2, 0.25) is 0 Å². The van der Waals surface area contributed by atoms with Crippen molar-refractivity contribution in [1.29, 1.82) is 0 Å². The number of nitrogens with zero attached hydrogens (tertiary/aromatic N) is 1. The monoisotopic (exact) mass is 345 g/mol. The maximum absolute atomic E-state index is 12.5. The van der Waals surface area contributed by atoms with Crippen LogP contribution in [0.4, 0.5) is 4.79 Å². The zero-order valence-electron chi connectivity index (χ0n) is 15.2. The predicted octanol–water partition coefficient (Wildman–Crippen LogP) is 3.92. The topological polar surface area (TPSA) is 66.8 Å². The lowest BCUT2D eigenvalue weighted by Gasteiger charge is -2.41. The highest BCUT2D eigenvalue weighted by Gasteiger charge is 2.47. The number of benzene rings is 1. The zero-order valence-corrected chi connectivity index (χ0v) is 15.2. The molecule has 136 valence electrons. The average molecular weight is 345 g/mol. The van der Waals surface area contributed by atoms with Crippen LogP contribution < -0.4 is 0 Å². The molecule has 1 aromatic carbocycles.